The van der Waals surface area contributed by atoms with Crippen LogP contribution in [0.2, 0.25) is 0 Å². The van der Waals surface area contributed by atoms with Crippen molar-refractivity contribution in [3.63, 3.8) is 0 Å². The number of hydrogen-bond donors (Lipinski definition) is 3. The lowest BCUT2D eigenvalue weighted by molar-refractivity contribution is 0.0954. The minimum Gasteiger partial charge on any atom is -0.493 e. The molecule has 1 amide bonds. The molecule has 0 saturated heterocycles. The van der Waals surface area contributed by atoms with Crippen LogP contribution in [0.25, 0.3) is 0 Å². The van der Waals surface area contributed by atoms with E-state index in [-0.39, 0.29) is 29.9 Å². The highest BCUT2D eigenvalue weighted by molar-refractivity contribution is 14.0. The number of pyridine rings is 1. The highest BCUT2D eigenvalue weighted by Gasteiger charge is 2.06. The van der Waals surface area contributed by atoms with Crippen LogP contribution in [-0.2, 0) is 11.3 Å². The van der Waals surface area contributed by atoms with Crippen LogP contribution in [0.15, 0.2) is 47.7 Å². The van der Waals surface area contributed by atoms with E-state index in [1.165, 1.54) is 0 Å². The van der Waals surface area contributed by atoms with Gasteiger partial charge in [0.2, 0.25) is 0 Å². The van der Waals surface area contributed by atoms with Gasteiger partial charge in [-0.2, -0.15) is 0 Å². The maximum absolute atomic E-state index is 12.1. The average molecular weight is 555 g/mol. The predicted molar refractivity (Wildman–Crippen MR) is 138 cm³/mol. The van der Waals surface area contributed by atoms with Crippen LogP contribution in [0.1, 0.15) is 34.8 Å². The Balaban J connectivity index is 0.00000512. The fourth-order valence-electron chi connectivity index (χ4n) is 2.77. The Morgan fingerprint density at radius 1 is 1.12 bits per heavy atom. The number of aliphatic imine (C=N–C) groups is 1. The first-order valence-corrected chi connectivity index (χ1v) is 10.6. The largest absolute Gasteiger partial charge is 0.493 e. The molecule has 0 aliphatic rings. The topological polar surface area (TPSA) is 96.9 Å². The number of benzene rings is 1. The summed E-state index contributed by atoms with van der Waals surface area (Å²) in [6, 6.07) is 9.61. The Kier molecular flexibility index (Phi) is 14.0. The molecule has 176 valence electrons. The molecule has 0 radical (unpaired) electrons. The van der Waals surface area contributed by atoms with E-state index >= 15 is 0 Å². The molecule has 0 unspecified atom stereocenters. The highest BCUT2D eigenvalue weighted by atomic mass is 127. The molecule has 9 heteroatoms. The minimum absolute atomic E-state index is 0. The fourth-order valence-corrected chi connectivity index (χ4v) is 2.77. The maximum atomic E-state index is 12.1. The number of carbonyl (C=O) groups is 1. The molecule has 1 heterocycles. The van der Waals surface area contributed by atoms with Crippen molar-refractivity contribution in [2.24, 2.45) is 4.99 Å². The summed E-state index contributed by atoms with van der Waals surface area (Å²) in [5.74, 6) is 1.38. The number of nitrogens with zero attached hydrogens (tertiary/aromatic N) is 2. The second-order valence-electron chi connectivity index (χ2n) is 6.93. The zero-order valence-corrected chi connectivity index (χ0v) is 21.3. The van der Waals surface area contributed by atoms with E-state index in [1.807, 2.05) is 26.0 Å². The van der Waals surface area contributed by atoms with E-state index in [0.29, 0.717) is 44.4 Å². The van der Waals surface area contributed by atoms with E-state index < -0.39 is 0 Å². The number of methoxy groups -OCH3 is 1. The molecule has 2 aromatic rings. The zero-order chi connectivity index (χ0) is 22.3. The van der Waals surface area contributed by atoms with Crippen molar-refractivity contribution in [2.75, 3.05) is 40.0 Å². The second kappa shape index (κ2) is 16.3. The molecule has 3 N–H and O–H groups in total. The number of guanidine groups is 1. The van der Waals surface area contributed by atoms with E-state index in [9.17, 15) is 4.79 Å². The molecule has 1 aromatic heterocycles. The van der Waals surface area contributed by atoms with E-state index in [1.54, 1.807) is 31.6 Å². The molecular weight excluding hydrogens is 521 g/mol. The van der Waals surface area contributed by atoms with Gasteiger partial charge in [-0.1, -0.05) is 12.1 Å². The third-order valence-corrected chi connectivity index (χ3v) is 4.35. The number of carbonyl (C=O) groups excluding carboxylic acids is 1. The quantitative estimate of drug-likeness (QED) is 0.161. The van der Waals surface area contributed by atoms with Crippen molar-refractivity contribution < 1.29 is 14.3 Å². The third kappa shape index (κ3) is 10.3. The maximum Gasteiger partial charge on any atom is 0.252 e. The van der Waals surface area contributed by atoms with Crippen LogP contribution >= 0.6 is 24.0 Å². The molecule has 8 nitrogen and oxygen atoms in total. The van der Waals surface area contributed by atoms with E-state index in [0.717, 1.165) is 29.8 Å². The SMILES string of the molecule is CCNC(=NCc1ccc(C)cc1OCCCOC)NCCNC(=O)c1cccnc1.I. The van der Waals surface area contributed by atoms with Gasteiger partial charge in [0.25, 0.3) is 5.91 Å². The van der Waals surface area contributed by atoms with Crippen LogP contribution in [-0.4, -0.2) is 56.8 Å². The Bertz CT molecular complexity index is 834. The summed E-state index contributed by atoms with van der Waals surface area (Å²) in [5.41, 5.74) is 2.70. The Morgan fingerprint density at radius 3 is 2.66 bits per heavy atom. The van der Waals surface area contributed by atoms with Gasteiger partial charge in [0, 0.05) is 57.7 Å². The molecule has 0 fully saturated rings. The van der Waals surface area contributed by atoms with Gasteiger partial charge in [0.05, 0.1) is 18.7 Å². The highest BCUT2D eigenvalue weighted by Crippen LogP contribution is 2.21. The monoisotopic (exact) mass is 555 g/mol. The number of hydrogen-bond acceptors (Lipinski definition) is 5. The first kappa shape index (κ1) is 27.6. The third-order valence-electron chi connectivity index (χ3n) is 4.35. The lowest BCUT2D eigenvalue weighted by Crippen LogP contribution is -2.41. The summed E-state index contributed by atoms with van der Waals surface area (Å²) < 4.78 is 11.0. The summed E-state index contributed by atoms with van der Waals surface area (Å²) in [4.78, 5) is 20.7. The van der Waals surface area contributed by atoms with Crippen molar-refractivity contribution in [3.8, 4) is 5.75 Å². The van der Waals surface area contributed by atoms with Crippen LogP contribution in [0.5, 0.6) is 5.75 Å². The lowest BCUT2D eigenvalue weighted by atomic mass is 10.1. The van der Waals surface area contributed by atoms with Gasteiger partial charge < -0.3 is 25.4 Å². The summed E-state index contributed by atoms with van der Waals surface area (Å²) >= 11 is 0. The standard InChI is InChI=1S/C23H33N5O3.HI/c1-4-25-23(27-12-11-26-22(29)20-7-5-10-24-16-20)28-17-19-9-8-18(2)15-21(19)31-14-6-13-30-3;/h5,7-10,15-16H,4,6,11-14,17H2,1-3H3,(H,26,29)(H2,25,27,28);1H. The number of amides is 1. The second-order valence-corrected chi connectivity index (χ2v) is 6.93. The number of rotatable bonds is 12. The smallest absolute Gasteiger partial charge is 0.252 e. The van der Waals surface area contributed by atoms with Crippen molar-refractivity contribution in [2.45, 2.75) is 26.8 Å². The van der Waals surface area contributed by atoms with Crippen LogP contribution in [0, 0.1) is 6.92 Å². The van der Waals surface area contributed by atoms with E-state index in [2.05, 4.69) is 32.0 Å². The fraction of sp³-hybridized carbons (Fsp3) is 0.435. The van der Waals surface area contributed by atoms with Crippen molar-refractivity contribution in [1.82, 2.24) is 20.9 Å². The van der Waals surface area contributed by atoms with Gasteiger partial charge in [-0.3, -0.25) is 9.78 Å². The number of aromatic nitrogens is 1. The molecule has 0 atom stereocenters. The van der Waals surface area contributed by atoms with Crippen molar-refractivity contribution in [1.29, 1.82) is 0 Å². The minimum atomic E-state index is -0.147. The van der Waals surface area contributed by atoms with Gasteiger partial charge in [-0.15, -0.1) is 24.0 Å². The Morgan fingerprint density at radius 2 is 1.94 bits per heavy atom. The first-order valence-electron chi connectivity index (χ1n) is 10.6. The van der Waals surface area contributed by atoms with Gasteiger partial charge >= 0.3 is 0 Å². The normalized spacial score (nSPS) is 10.8. The zero-order valence-electron chi connectivity index (χ0n) is 19.0. The lowest BCUT2D eigenvalue weighted by Gasteiger charge is -2.14. The van der Waals surface area contributed by atoms with Crippen molar-refractivity contribution in [3.05, 3.63) is 59.4 Å². The molecule has 0 bridgehead atoms. The van der Waals surface area contributed by atoms with Crippen LogP contribution in [0.4, 0.5) is 0 Å². The van der Waals surface area contributed by atoms with E-state index in [4.69, 9.17) is 9.47 Å². The van der Waals surface area contributed by atoms with Gasteiger partial charge in [0.15, 0.2) is 5.96 Å². The summed E-state index contributed by atoms with van der Waals surface area (Å²) in [6.07, 6.45) is 4.02. The summed E-state index contributed by atoms with van der Waals surface area (Å²) in [5, 5.41) is 9.33. The number of halogens is 1. The molecule has 0 aliphatic carbocycles. The summed E-state index contributed by atoms with van der Waals surface area (Å²) in [7, 11) is 1.69. The molecular formula is C23H34IN5O3. The summed E-state index contributed by atoms with van der Waals surface area (Å²) in [6.45, 7) is 7.56. The number of ether oxygens (including phenoxy) is 2. The molecule has 32 heavy (non-hydrogen) atoms. The number of nitrogens with one attached hydrogen (secondary N) is 3. The predicted octanol–water partition coefficient (Wildman–Crippen LogP) is 2.91. The molecule has 1 aromatic carbocycles. The van der Waals surface area contributed by atoms with Gasteiger partial charge in [-0.05, 0) is 37.6 Å². The number of aryl methyl sites for hydroxylation is 1. The molecule has 2 rings (SSSR count). The van der Waals surface area contributed by atoms with Crippen molar-refractivity contribution >= 4 is 35.8 Å². The average Bonchev–Trinajstić information content (AvgIpc) is 2.79. The van der Waals surface area contributed by atoms with Gasteiger partial charge in [0.1, 0.15) is 5.75 Å². The van der Waals surface area contributed by atoms with Crippen LogP contribution in [0.3, 0.4) is 0 Å². The first-order chi connectivity index (χ1) is 15.1. The Labute approximate surface area is 207 Å². The molecule has 0 saturated carbocycles. The molecule has 0 aliphatic heterocycles. The molecule has 0 spiro atoms. The van der Waals surface area contributed by atoms with Gasteiger partial charge in [-0.25, -0.2) is 4.99 Å². The van der Waals surface area contributed by atoms with Crippen LogP contribution < -0.4 is 20.7 Å². The Hall–Kier alpha value is -2.40.